The molecule has 2 rings (SSSR count). The molecule has 0 heterocycles. The molecule has 0 aliphatic rings. The van der Waals surface area contributed by atoms with E-state index >= 15 is 0 Å². The summed E-state index contributed by atoms with van der Waals surface area (Å²) in [5, 5.41) is 7.85. The molecule has 0 saturated carbocycles. The van der Waals surface area contributed by atoms with Gasteiger partial charge in [-0.2, -0.15) is 10.2 Å². The van der Waals surface area contributed by atoms with Crippen LogP contribution in [0.25, 0.3) is 0 Å². The van der Waals surface area contributed by atoms with Crippen LogP contribution in [0.2, 0.25) is 0 Å². The van der Waals surface area contributed by atoms with E-state index in [1.54, 1.807) is 36.4 Å². The molecular formula is C16H14N2O2. The van der Waals surface area contributed by atoms with Crippen LogP contribution in [0.4, 0.5) is 5.69 Å². The molecule has 4 nitrogen and oxygen atoms in total. The van der Waals surface area contributed by atoms with E-state index in [9.17, 15) is 9.59 Å². The van der Waals surface area contributed by atoms with Gasteiger partial charge in [0.2, 0.25) is 0 Å². The Morgan fingerprint density at radius 2 is 1.45 bits per heavy atom. The summed E-state index contributed by atoms with van der Waals surface area (Å²) in [4.78, 5) is 23.8. The smallest absolute Gasteiger partial charge is 0.196 e. The minimum Gasteiger partial charge on any atom is -0.297 e. The summed E-state index contributed by atoms with van der Waals surface area (Å²) < 4.78 is 0. The summed E-state index contributed by atoms with van der Waals surface area (Å²) in [6, 6.07) is 16.6. The first-order chi connectivity index (χ1) is 9.68. The zero-order valence-corrected chi connectivity index (χ0v) is 11.1. The Morgan fingerprint density at radius 3 is 2.00 bits per heavy atom. The summed E-state index contributed by atoms with van der Waals surface area (Å²) in [6.07, 6.45) is 0. The zero-order valence-electron chi connectivity index (χ0n) is 11.1. The summed E-state index contributed by atoms with van der Waals surface area (Å²) in [5.41, 5.74) is 1.07. The third kappa shape index (κ3) is 3.45. The molecular weight excluding hydrogens is 252 g/mol. The van der Waals surface area contributed by atoms with Crippen LogP contribution in [-0.2, 0) is 4.79 Å². The summed E-state index contributed by atoms with van der Waals surface area (Å²) >= 11 is 0. The first kappa shape index (κ1) is 13.8. The molecule has 0 fully saturated rings. The molecule has 0 N–H and O–H groups in total. The van der Waals surface area contributed by atoms with E-state index in [1.165, 1.54) is 6.92 Å². The number of carbonyl (C=O) groups excluding carboxylic acids is 2. The number of hydrogen-bond donors (Lipinski definition) is 0. The SMILES string of the molecule is CC(=O)C(N=Nc1ccccc1)C(=O)c1ccccc1. The lowest BCUT2D eigenvalue weighted by Gasteiger charge is -2.06. The predicted octanol–water partition coefficient (Wildman–Crippen LogP) is 3.61. The predicted molar refractivity (Wildman–Crippen MR) is 76.2 cm³/mol. The number of carbonyl (C=O) groups is 2. The number of ketones is 2. The van der Waals surface area contributed by atoms with Gasteiger partial charge in [0.05, 0.1) is 5.69 Å². The highest BCUT2D eigenvalue weighted by molar-refractivity contribution is 6.13. The van der Waals surface area contributed by atoms with Crippen molar-refractivity contribution in [1.29, 1.82) is 0 Å². The van der Waals surface area contributed by atoms with Crippen LogP contribution in [0.3, 0.4) is 0 Å². The van der Waals surface area contributed by atoms with Gasteiger partial charge in [-0.3, -0.25) is 9.59 Å². The normalized spacial score (nSPS) is 12.2. The van der Waals surface area contributed by atoms with Crippen LogP contribution in [0.1, 0.15) is 17.3 Å². The standard InChI is InChI=1S/C16H14N2O2/c1-12(19)15(16(20)13-8-4-2-5-9-13)18-17-14-10-6-3-7-11-14/h2-11,15H,1H3. The molecule has 0 aliphatic carbocycles. The van der Waals surface area contributed by atoms with E-state index < -0.39 is 6.04 Å². The van der Waals surface area contributed by atoms with Gasteiger partial charge in [0.25, 0.3) is 0 Å². The summed E-state index contributed by atoms with van der Waals surface area (Å²) in [7, 11) is 0. The monoisotopic (exact) mass is 266 g/mol. The first-order valence-corrected chi connectivity index (χ1v) is 6.24. The second kappa shape index (κ2) is 6.52. The molecule has 0 aromatic heterocycles. The Labute approximate surface area is 117 Å². The molecule has 0 spiro atoms. The van der Waals surface area contributed by atoms with Crippen molar-refractivity contribution in [3.8, 4) is 0 Å². The Hall–Kier alpha value is -2.62. The third-order valence-corrected chi connectivity index (χ3v) is 2.74. The molecule has 20 heavy (non-hydrogen) atoms. The van der Waals surface area contributed by atoms with E-state index in [-0.39, 0.29) is 11.6 Å². The Bertz CT molecular complexity index is 621. The van der Waals surface area contributed by atoms with Crippen molar-refractivity contribution in [3.63, 3.8) is 0 Å². The number of rotatable bonds is 5. The van der Waals surface area contributed by atoms with Crippen molar-refractivity contribution in [3.05, 3.63) is 66.2 Å². The van der Waals surface area contributed by atoms with Gasteiger partial charge in [0, 0.05) is 5.56 Å². The molecule has 0 bridgehead atoms. The maximum atomic E-state index is 12.2. The van der Waals surface area contributed by atoms with Gasteiger partial charge in [-0.1, -0.05) is 48.5 Å². The van der Waals surface area contributed by atoms with Gasteiger partial charge in [0.15, 0.2) is 17.6 Å². The number of hydrogen-bond acceptors (Lipinski definition) is 4. The van der Waals surface area contributed by atoms with Crippen LogP contribution in [0.15, 0.2) is 70.9 Å². The molecule has 0 amide bonds. The number of Topliss-reactive ketones (excluding diaryl/α,β-unsaturated/α-hetero) is 2. The van der Waals surface area contributed by atoms with Gasteiger partial charge < -0.3 is 0 Å². The molecule has 100 valence electrons. The van der Waals surface area contributed by atoms with E-state index in [0.717, 1.165) is 0 Å². The lowest BCUT2D eigenvalue weighted by Crippen LogP contribution is -2.26. The molecule has 2 aromatic rings. The number of benzene rings is 2. The molecule has 0 aliphatic heterocycles. The topological polar surface area (TPSA) is 58.9 Å². The van der Waals surface area contributed by atoms with Crippen molar-refractivity contribution in [1.82, 2.24) is 0 Å². The Kier molecular flexibility index (Phi) is 4.50. The minimum atomic E-state index is -1.09. The van der Waals surface area contributed by atoms with Gasteiger partial charge in [-0.15, -0.1) is 0 Å². The van der Waals surface area contributed by atoms with E-state index in [2.05, 4.69) is 10.2 Å². The molecule has 1 unspecified atom stereocenters. The lowest BCUT2D eigenvalue weighted by atomic mass is 10.0. The second-order valence-electron chi connectivity index (χ2n) is 4.29. The molecule has 4 heteroatoms. The fraction of sp³-hybridized carbons (Fsp3) is 0.125. The van der Waals surface area contributed by atoms with E-state index in [0.29, 0.717) is 11.3 Å². The van der Waals surface area contributed by atoms with Crippen LogP contribution in [0.5, 0.6) is 0 Å². The maximum Gasteiger partial charge on any atom is 0.196 e. The second-order valence-corrected chi connectivity index (χ2v) is 4.29. The fourth-order valence-corrected chi connectivity index (χ4v) is 1.70. The average Bonchev–Trinajstić information content (AvgIpc) is 2.49. The van der Waals surface area contributed by atoms with Crippen molar-refractivity contribution in [2.45, 2.75) is 13.0 Å². The van der Waals surface area contributed by atoms with Gasteiger partial charge >= 0.3 is 0 Å². The third-order valence-electron chi connectivity index (χ3n) is 2.74. The van der Waals surface area contributed by atoms with Crippen molar-refractivity contribution in [2.24, 2.45) is 10.2 Å². The largest absolute Gasteiger partial charge is 0.297 e. The van der Waals surface area contributed by atoms with Crippen molar-refractivity contribution < 1.29 is 9.59 Å². The maximum absolute atomic E-state index is 12.2. The van der Waals surface area contributed by atoms with Crippen LogP contribution >= 0.6 is 0 Å². The fourth-order valence-electron chi connectivity index (χ4n) is 1.70. The molecule has 0 saturated heterocycles. The molecule has 2 aromatic carbocycles. The van der Waals surface area contributed by atoms with Crippen LogP contribution < -0.4 is 0 Å². The molecule has 1 atom stereocenters. The Morgan fingerprint density at radius 1 is 0.900 bits per heavy atom. The number of azo groups is 1. The lowest BCUT2D eigenvalue weighted by molar-refractivity contribution is -0.117. The highest BCUT2D eigenvalue weighted by Crippen LogP contribution is 2.14. The Balaban J connectivity index is 2.22. The quantitative estimate of drug-likeness (QED) is 0.471. The van der Waals surface area contributed by atoms with E-state index in [4.69, 9.17) is 0 Å². The van der Waals surface area contributed by atoms with Crippen molar-refractivity contribution in [2.75, 3.05) is 0 Å². The highest BCUT2D eigenvalue weighted by atomic mass is 16.2. The van der Waals surface area contributed by atoms with Gasteiger partial charge in [0.1, 0.15) is 0 Å². The van der Waals surface area contributed by atoms with Gasteiger partial charge in [-0.05, 0) is 19.1 Å². The minimum absolute atomic E-state index is 0.321. The van der Waals surface area contributed by atoms with Gasteiger partial charge in [-0.25, -0.2) is 0 Å². The molecule has 0 radical (unpaired) electrons. The highest BCUT2D eigenvalue weighted by Gasteiger charge is 2.24. The first-order valence-electron chi connectivity index (χ1n) is 6.24. The summed E-state index contributed by atoms with van der Waals surface area (Å²) in [5.74, 6) is -0.656. The van der Waals surface area contributed by atoms with E-state index in [1.807, 2.05) is 24.3 Å². The number of nitrogens with zero attached hydrogens (tertiary/aromatic N) is 2. The van der Waals surface area contributed by atoms with Crippen molar-refractivity contribution >= 4 is 17.3 Å². The zero-order chi connectivity index (χ0) is 14.4. The van der Waals surface area contributed by atoms with Crippen LogP contribution in [0, 0.1) is 0 Å². The average molecular weight is 266 g/mol. The summed E-state index contributed by atoms with van der Waals surface area (Å²) in [6.45, 7) is 1.34. The van der Waals surface area contributed by atoms with Crippen LogP contribution in [-0.4, -0.2) is 17.6 Å².